The van der Waals surface area contributed by atoms with Crippen LogP contribution in [-0.2, 0) is 16.1 Å². The summed E-state index contributed by atoms with van der Waals surface area (Å²) >= 11 is 5.76. The fraction of sp³-hybridized carbons (Fsp3) is 0.667. The molecule has 0 aliphatic carbocycles. The first-order valence-corrected chi connectivity index (χ1v) is 8.87. The van der Waals surface area contributed by atoms with E-state index in [1.165, 1.54) is 0 Å². The van der Waals surface area contributed by atoms with Gasteiger partial charge >= 0.3 is 6.09 Å². The summed E-state index contributed by atoms with van der Waals surface area (Å²) in [5.41, 5.74) is 0.568. The first-order valence-electron chi connectivity index (χ1n) is 8.49. The van der Waals surface area contributed by atoms with Gasteiger partial charge in [-0.05, 0) is 57.6 Å². The molecule has 1 amide bonds. The molecule has 0 N–H and O–H groups in total. The number of likely N-dealkylation sites (tertiary alicyclic amines) is 1. The van der Waals surface area contributed by atoms with Crippen LogP contribution in [0.3, 0.4) is 0 Å². The number of carbonyl (C=O) groups is 1. The summed E-state index contributed by atoms with van der Waals surface area (Å²) in [7, 11) is 0. The highest BCUT2D eigenvalue weighted by molar-refractivity contribution is 6.29. The average Bonchev–Trinajstić information content (AvgIpc) is 2.52. The zero-order valence-electron chi connectivity index (χ0n) is 14.8. The van der Waals surface area contributed by atoms with Gasteiger partial charge in [0.25, 0.3) is 0 Å². The minimum Gasteiger partial charge on any atom is -0.444 e. The van der Waals surface area contributed by atoms with E-state index in [1.54, 1.807) is 12.3 Å². The zero-order chi connectivity index (χ0) is 17.6. The molecule has 2 heterocycles. The number of carbonyl (C=O) groups excluding carboxylic acids is 1. The predicted molar refractivity (Wildman–Crippen MR) is 94.1 cm³/mol. The van der Waals surface area contributed by atoms with Crippen molar-refractivity contribution in [3.8, 4) is 0 Å². The van der Waals surface area contributed by atoms with Gasteiger partial charge in [0.15, 0.2) is 0 Å². The third kappa shape index (κ3) is 6.65. The van der Waals surface area contributed by atoms with Crippen LogP contribution >= 0.6 is 11.6 Å². The first kappa shape index (κ1) is 19.0. The maximum absolute atomic E-state index is 12.2. The lowest BCUT2D eigenvalue weighted by atomic mass is 9.95. The van der Waals surface area contributed by atoms with E-state index in [-0.39, 0.29) is 6.09 Å². The third-order valence-corrected chi connectivity index (χ3v) is 4.12. The number of ether oxygens (including phenoxy) is 2. The lowest BCUT2D eigenvalue weighted by Crippen LogP contribution is -2.43. The van der Waals surface area contributed by atoms with Crippen molar-refractivity contribution in [3.63, 3.8) is 0 Å². The van der Waals surface area contributed by atoms with Crippen molar-refractivity contribution >= 4 is 17.7 Å². The molecule has 1 aromatic rings. The molecule has 0 bridgehead atoms. The average molecular weight is 355 g/mol. The van der Waals surface area contributed by atoms with Crippen LogP contribution in [0.5, 0.6) is 0 Å². The maximum atomic E-state index is 12.2. The van der Waals surface area contributed by atoms with E-state index < -0.39 is 5.60 Å². The molecule has 1 aromatic heterocycles. The second-order valence-electron chi connectivity index (χ2n) is 7.27. The molecule has 1 saturated heterocycles. The Morgan fingerprint density at radius 2 is 2.21 bits per heavy atom. The second-order valence-corrected chi connectivity index (χ2v) is 7.65. The Kier molecular flexibility index (Phi) is 6.87. The minimum absolute atomic E-state index is 0.208. The van der Waals surface area contributed by atoms with E-state index in [0.29, 0.717) is 24.3 Å². The van der Waals surface area contributed by atoms with E-state index in [1.807, 2.05) is 31.7 Å². The molecule has 0 radical (unpaired) electrons. The Hall–Kier alpha value is -1.33. The molecule has 6 heteroatoms. The molecular formula is C18H27ClN2O3. The molecule has 0 saturated carbocycles. The van der Waals surface area contributed by atoms with Gasteiger partial charge < -0.3 is 14.4 Å². The van der Waals surface area contributed by atoms with Gasteiger partial charge in [0.05, 0.1) is 6.61 Å². The van der Waals surface area contributed by atoms with Crippen molar-refractivity contribution in [3.05, 3.63) is 29.0 Å². The molecule has 0 aromatic carbocycles. The monoisotopic (exact) mass is 354 g/mol. The van der Waals surface area contributed by atoms with Crippen LogP contribution in [0.15, 0.2) is 18.3 Å². The van der Waals surface area contributed by atoms with Crippen molar-refractivity contribution < 1.29 is 14.3 Å². The van der Waals surface area contributed by atoms with Crippen LogP contribution < -0.4 is 0 Å². The van der Waals surface area contributed by atoms with Crippen LogP contribution in [0.4, 0.5) is 4.79 Å². The fourth-order valence-corrected chi connectivity index (χ4v) is 2.84. The number of hydrogen-bond donors (Lipinski definition) is 0. The minimum atomic E-state index is -0.445. The van der Waals surface area contributed by atoms with Gasteiger partial charge in [-0.15, -0.1) is 0 Å². The Morgan fingerprint density at radius 3 is 2.88 bits per heavy atom. The lowest BCUT2D eigenvalue weighted by molar-refractivity contribution is 0.0135. The van der Waals surface area contributed by atoms with Gasteiger partial charge in [-0.2, -0.15) is 0 Å². The van der Waals surface area contributed by atoms with Gasteiger partial charge in [-0.25, -0.2) is 9.78 Å². The van der Waals surface area contributed by atoms with Crippen molar-refractivity contribution in [2.45, 2.75) is 52.2 Å². The molecular weight excluding hydrogens is 328 g/mol. The highest BCUT2D eigenvalue weighted by Crippen LogP contribution is 2.22. The number of amides is 1. The quantitative estimate of drug-likeness (QED) is 0.584. The molecule has 0 unspecified atom stereocenters. The highest BCUT2D eigenvalue weighted by Gasteiger charge is 2.27. The number of piperidine rings is 1. The molecule has 2 rings (SSSR count). The summed E-state index contributed by atoms with van der Waals surface area (Å²) in [5.74, 6) is 0.467. The topological polar surface area (TPSA) is 51.7 Å². The summed E-state index contributed by atoms with van der Waals surface area (Å²) < 4.78 is 11.2. The molecule has 134 valence electrons. The lowest BCUT2D eigenvalue weighted by Gasteiger charge is -2.34. The number of aromatic nitrogens is 1. The SMILES string of the molecule is CC(C)(C)OC(=O)N1CCC[C@H](CCOCc2ccc(Cl)nc2)C1. The Labute approximate surface area is 149 Å². The number of rotatable bonds is 5. The Morgan fingerprint density at radius 1 is 1.42 bits per heavy atom. The summed E-state index contributed by atoms with van der Waals surface area (Å²) in [6.45, 7) is 8.43. The van der Waals surface area contributed by atoms with Crippen molar-refractivity contribution in [1.29, 1.82) is 0 Å². The van der Waals surface area contributed by atoms with Crippen molar-refractivity contribution in [2.24, 2.45) is 5.92 Å². The summed E-state index contributed by atoms with van der Waals surface area (Å²) in [6.07, 6.45) is 4.62. The third-order valence-electron chi connectivity index (χ3n) is 3.90. The maximum Gasteiger partial charge on any atom is 0.410 e. The molecule has 24 heavy (non-hydrogen) atoms. The summed E-state index contributed by atoms with van der Waals surface area (Å²) in [6, 6.07) is 3.68. The highest BCUT2D eigenvalue weighted by atomic mass is 35.5. The normalized spacial score (nSPS) is 18.5. The fourth-order valence-electron chi connectivity index (χ4n) is 2.72. The Bertz CT molecular complexity index is 528. The standard InChI is InChI=1S/C18H27ClN2O3/c1-18(2,3)24-17(22)21-9-4-5-14(12-21)8-10-23-13-15-6-7-16(19)20-11-15/h6-7,11,14H,4-5,8-10,12-13H2,1-3H3/t14-/m1/s1. The van der Waals surface area contributed by atoms with Gasteiger partial charge in [0.2, 0.25) is 0 Å². The van der Waals surface area contributed by atoms with E-state index in [9.17, 15) is 4.79 Å². The van der Waals surface area contributed by atoms with Crippen molar-refractivity contribution in [1.82, 2.24) is 9.88 Å². The van der Waals surface area contributed by atoms with E-state index in [0.717, 1.165) is 37.9 Å². The van der Waals surface area contributed by atoms with Crippen LogP contribution in [0.1, 0.15) is 45.6 Å². The van der Waals surface area contributed by atoms with Crippen LogP contribution in [0.2, 0.25) is 5.15 Å². The van der Waals surface area contributed by atoms with Gasteiger partial charge in [-0.3, -0.25) is 0 Å². The number of pyridine rings is 1. The summed E-state index contributed by atoms with van der Waals surface area (Å²) in [4.78, 5) is 18.0. The van der Waals surface area contributed by atoms with E-state index >= 15 is 0 Å². The number of nitrogens with zero attached hydrogens (tertiary/aromatic N) is 2. The number of halogens is 1. The zero-order valence-corrected chi connectivity index (χ0v) is 15.5. The molecule has 5 nitrogen and oxygen atoms in total. The molecule has 1 aliphatic rings. The van der Waals surface area contributed by atoms with Gasteiger partial charge in [-0.1, -0.05) is 17.7 Å². The second kappa shape index (κ2) is 8.67. The number of hydrogen-bond acceptors (Lipinski definition) is 4. The summed E-state index contributed by atoms with van der Waals surface area (Å²) in [5, 5.41) is 0.489. The predicted octanol–water partition coefficient (Wildman–Crippen LogP) is 4.29. The first-order chi connectivity index (χ1) is 11.3. The van der Waals surface area contributed by atoms with Gasteiger partial charge in [0, 0.05) is 25.9 Å². The largest absolute Gasteiger partial charge is 0.444 e. The molecule has 0 spiro atoms. The van der Waals surface area contributed by atoms with Gasteiger partial charge in [0.1, 0.15) is 10.8 Å². The molecule has 1 atom stereocenters. The van der Waals surface area contributed by atoms with E-state index in [2.05, 4.69) is 4.98 Å². The van der Waals surface area contributed by atoms with Crippen LogP contribution in [0.25, 0.3) is 0 Å². The molecule has 1 fully saturated rings. The van der Waals surface area contributed by atoms with Crippen molar-refractivity contribution in [2.75, 3.05) is 19.7 Å². The Balaban J connectivity index is 1.69. The molecule has 1 aliphatic heterocycles. The van der Waals surface area contributed by atoms with E-state index in [4.69, 9.17) is 21.1 Å². The van der Waals surface area contributed by atoms with Crippen LogP contribution in [-0.4, -0.2) is 41.3 Å². The smallest absolute Gasteiger partial charge is 0.410 e. The van der Waals surface area contributed by atoms with Crippen LogP contribution in [0, 0.1) is 5.92 Å².